The third-order valence-corrected chi connectivity index (χ3v) is 2.49. The summed E-state index contributed by atoms with van der Waals surface area (Å²) in [5.74, 6) is 0.519. The summed E-state index contributed by atoms with van der Waals surface area (Å²) < 4.78 is 45.2. The van der Waals surface area contributed by atoms with Crippen LogP contribution in [0.4, 0.5) is 18.0 Å². The molecular weight excluding hydrogens is 251 g/mol. The molecule has 1 aromatic rings. The van der Waals surface area contributed by atoms with E-state index in [0.717, 1.165) is 12.8 Å². The van der Waals surface area contributed by atoms with Gasteiger partial charge in [-0.25, -0.2) is 4.79 Å². The summed E-state index contributed by atoms with van der Waals surface area (Å²) in [6.45, 7) is -1.43. The van der Waals surface area contributed by atoms with Gasteiger partial charge in [0.05, 0.1) is 12.8 Å². The Morgan fingerprint density at radius 2 is 2.22 bits per heavy atom. The number of halogens is 3. The van der Waals surface area contributed by atoms with Gasteiger partial charge in [-0.05, 0) is 25.0 Å². The zero-order chi connectivity index (χ0) is 13.2. The van der Waals surface area contributed by atoms with Gasteiger partial charge in [-0.2, -0.15) is 13.2 Å². The first kappa shape index (κ1) is 12.8. The van der Waals surface area contributed by atoms with Gasteiger partial charge in [0.1, 0.15) is 5.76 Å². The molecule has 0 atom stereocenters. The van der Waals surface area contributed by atoms with Crippen LogP contribution >= 0.6 is 0 Å². The monoisotopic (exact) mass is 263 g/mol. The molecule has 1 heterocycles. The molecule has 4 nitrogen and oxygen atoms in total. The number of nitrogens with zero attached hydrogens (tertiary/aromatic N) is 1. The van der Waals surface area contributed by atoms with Gasteiger partial charge in [0.15, 0.2) is 6.61 Å². The minimum atomic E-state index is -4.50. The Labute approximate surface area is 101 Å². The maximum Gasteiger partial charge on any atom is 0.422 e. The van der Waals surface area contributed by atoms with Crippen molar-refractivity contribution >= 4 is 6.09 Å². The lowest BCUT2D eigenvalue weighted by Crippen LogP contribution is -2.35. The third-order valence-electron chi connectivity index (χ3n) is 2.49. The molecule has 0 saturated heterocycles. The molecule has 1 saturated carbocycles. The van der Waals surface area contributed by atoms with Gasteiger partial charge in [-0.3, -0.25) is 4.90 Å². The van der Waals surface area contributed by atoms with Gasteiger partial charge in [0.2, 0.25) is 0 Å². The second-order valence-electron chi connectivity index (χ2n) is 4.11. The number of carbonyl (C=O) groups excluding carboxylic acids is 1. The second kappa shape index (κ2) is 4.91. The van der Waals surface area contributed by atoms with Gasteiger partial charge in [-0.1, -0.05) is 0 Å². The summed E-state index contributed by atoms with van der Waals surface area (Å²) >= 11 is 0. The predicted molar refractivity (Wildman–Crippen MR) is 54.7 cm³/mol. The first-order valence-corrected chi connectivity index (χ1v) is 5.48. The van der Waals surface area contributed by atoms with E-state index in [1.165, 1.54) is 11.2 Å². The molecule has 1 aliphatic carbocycles. The molecule has 0 aliphatic heterocycles. The van der Waals surface area contributed by atoms with Crippen LogP contribution in [0.25, 0.3) is 0 Å². The highest BCUT2D eigenvalue weighted by Crippen LogP contribution is 2.29. The summed E-state index contributed by atoms with van der Waals surface area (Å²) in [6.07, 6.45) is -2.45. The highest BCUT2D eigenvalue weighted by Gasteiger charge is 2.36. The van der Waals surface area contributed by atoms with Gasteiger partial charge >= 0.3 is 12.3 Å². The molecule has 7 heteroatoms. The topological polar surface area (TPSA) is 42.7 Å². The highest BCUT2D eigenvalue weighted by atomic mass is 19.4. The average molecular weight is 263 g/mol. The lowest BCUT2D eigenvalue weighted by molar-refractivity contribution is -0.162. The summed E-state index contributed by atoms with van der Waals surface area (Å²) in [4.78, 5) is 12.8. The maximum atomic E-state index is 12.0. The molecule has 0 aromatic carbocycles. The Morgan fingerprint density at radius 3 is 2.72 bits per heavy atom. The van der Waals surface area contributed by atoms with Crippen molar-refractivity contribution in [1.29, 1.82) is 0 Å². The van der Waals surface area contributed by atoms with Crippen LogP contribution in [0.15, 0.2) is 22.8 Å². The van der Waals surface area contributed by atoms with Crippen molar-refractivity contribution < 1.29 is 27.1 Å². The number of ether oxygens (including phenoxy) is 1. The molecule has 2 rings (SSSR count). The van der Waals surface area contributed by atoms with E-state index < -0.39 is 18.9 Å². The van der Waals surface area contributed by atoms with Crippen molar-refractivity contribution in [2.75, 3.05) is 6.61 Å². The predicted octanol–water partition coefficient (Wildman–Crippen LogP) is 2.94. The van der Waals surface area contributed by atoms with Crippen molar-refractivity contribution in [2.45, 2.75) is 31.6 Å². The first-order valence-electron chi connectivity index (χ1n) is 5.48. The smallest absolute Gasteiger partial charge is 0.422 e. The van der Waals surface area contributed by atoms with E-state index in [2.05, 4.69) is 4.74 Å². The Bertz CT molecular complexity index is 398. The molecule has 0 spiro atoms. The van der Waals surface area contributed by atoms with Crippen LogP contribution in [0.5, 0.6) is 0 Å². The Kier molecular flexibility index (Phi) is 3.49. The number of amides is 1. The van der Waals surface area contributed by atoms with E-state index in [1.807, 2.05) is 0 Å². The summed E-state index contributed by atoms with van der Waals surface area (Å²) in [5, 5.41) is 0. The average Bonchev–Trinajstić information content (AvgIpc) is 2.99. The minimum absolute atomic E-state index is 0.0455. The lowest BCUT2D eigenvalue weighted by Gasteiger charge is -2.21. The van der Waals surface area contributed by atoms with Crippen LogP contribution in [-0.2, 0) is 11.3 Å². The fourth-order valence-electron chi connectivity index (χ4n) is 1.53. The van der Waals surface area contributed by atoms with Gasteiger partial charge < -0.3 is 9.15 Å². The van der Waals surface area contributed by atoms with E-state index >= 15 is 0 Å². The van der Waals surface area contributed by atoms with Gasteiger partial charge in [-0.15, -0.1) is 0 Å². The SMILES string of the molecule is O=C(OCC(F)(F)F)N(Cc1ccco1)C1CC1. The molecule has 1 aromatic heterocycles. The van der Waals surface area contributed by atoms with Gasteiger partial charge in [0, 0.05) is 6.04 Å². The zero-order valence-corrected chi connectivity index (χ0v) is 9.44. The number of carbonyl (C=O) groups is 1. The van der Waals surface area contributed by atoms with Crippen LogP contribution in [-0.4, -0.2) is 29.8 Å². The van der Waals surface area contributed by atoms with Crippen molar-refractivity contribution in [3.8, 4) is 0 Å². The normalized spacial score (nSPS) is 15.5. The van der Waals surface area contributed by atoms with Crippen LogP contribution < -0.4 is 0 Å². The minimum Gasteiger partial charge on any atom is -0.467 e. The number of furan rings is 1. The summed E-state index contributed by atoms with van der Waals surface area (Å²) in [7, 11) is 0. The Morgan fingerprint density at radius 1 is 1.50 bits per heavy atom. The molecule has 0 N–H and O–H groups in total. The van der Waals surface area contributed by atoms with Crippen LogP contribution in [0.1, 0.15) is 18.6 Å². The zero-order valence-electron chi connectivity index (χ0n) is 9.44. The second-order valence-corrected chi connectivity index (χ2v) is 4.11. The molecule has 0 unspecified atom stereocenters. The number of hydrogen-bond donors (Lipinski definition) is 0. The quantitative estimate of drug-likeness (QED) is 0.838. The highest BCUT2D eigenvalue weighted by molar-refractivity contribution is 5.68. The number of rotatable bonds is 4. The van der Waals surface area contributed by atoms with Crippen molar-refractivity contribution in [3.63, 3.8) is 0 Å². The van der Waals surface area contributed by atoms with Gasteiger partial charge in [0.25, 0.3) is 0 Å². The lowest BCUT2D eigenvalue weighted by atomic mass is 10.4. The standard InChI is InChI=1S/C11H12F3NO3/c12-11(13,14)7-18-10(16)15(8-3-4-8)6-9-2-1-5-17-9/h1-2,5,8H,3-4,6-7H2. The molecule has 0 radical (unpaired) electrons. The largest absolute Gasteiger partial charge is 0.467 e. The Balaban J connectivity index is 1.91. The number of hydrogen-bond acceptors (Lipinski definition) is 3. The van der Waals surface area contributed by atoms with Crippen molar-refractivity contribution in [3.05, 3.63) is 24.2 Å². The molecular formula is C11H12F3NO3. The molecule has 100 valence electrons. The van der Waals surface area contributed by atoms with E-state index in [-0.39, 0.29) is 12.6 Å². The third kappa shape index (κ3) is 3.68. The fraction of sp³-hybridized carbons (Fsp3) is 0.545. The van der Waals surface area contributed by atoms with Crippen LogP contribution in [0, 0.1) is 0 Å². The summed E-state index contributed by atoms with van der Waals surface area (Å²) in [6, 6.07) is 3.27. The summed E-state index contributed by atoms with van der Waals surface area (Å²) in [5.41, 5.74) is 0. The van der Waals surface area contributed by atoms with E-state index in [9.17, 15) is 18.0 Å². The van der Waals surface area contributed by atoms with E-state index in [1.54, 1.807) is 12.1 Å². The van der Waals surface area contributed by atoms with E-state index in [4.69, 9.17) is 4.42 Å². The molecule has 0 bridgehead atoms. The van der Waals surface area contributed by atoms with Crippen LogP contribution in [0.3, 0.4) is 0 Å². The molecule has 1 aliphatic rings. The van der Waals surface area contributed by atoms with E-state index in [0.29, 0.717) is 5.76 Å². The van der Waals surface area contributed by atoms with Crippen LogP contribution in [0.2, 0.25) is 0 Å². The maximum absolute atomic E-state index is 12.0. The van der Waals surface area contributed by atoms with Crippen molar-refractivity contribution in [1.82, 2.24) is 4.90 Å². The molecule has 18 heavy (non-hydrogen) atoms. The molecule has 1 amide bonds. The van der Waals surface area contributed by atoms with Crippen molar-refractivity contribution in [2.24, 2.45) is 0 Å². The first-order chi connectivity index (χ1) is 8.46. The number of alkyl halides is 3. The fourth-order valence-corrected chi connectivity index (χ4v) is 1.53. The molecule has 1 fully saturated rings. The Hall–Kier alpha value is -1.66.